The SMILES string of the molecule is Nc1ncnc2c1ncn2CC(=O)N(CC(=O)O)CC(N)CO. The van der Waals surface area contributed by atoms with Gasteiger partial charge < -0.3 is 31.1 Å². The minimum atomic E-state index is -1.18. The second kappa shape index (κ2) is 6.98. The average molecular weight is 323 g/mol. The number of anilines is 1. The second-order valence-corrected chi connectivity index (χ2v) is 4.91. The van der Waals surface area contributed by atoms with Crippen LogP contribution in [0.3, 0.4) is 0 Å². The summed E-state index contributed by atoms with van der Waals surface area (Å²) in [5.74, 6) is -1.48. The maximum absolute atomic E-state index is 12.3. The van der Waals surface area contributed by atoms with Crippen molar-refractivity contribution in [2.24, 2.45) is 5.73 Å². The van der Waals surface area contributed by atoms with Gasteiger partial charge >= 0.3 is 5.97 Å². The summed E-state index contributed by atoms with van der Waals surface area (Å²) in [6.07, 6.45) is 2.62. The molecule has 0 fully saturated rings. The first kappa shape index (κ1) is 16.6. The minimum Gasteiger partial charge on any atom is -0.480 e. The fourth-order valence-electron chi connectivity index (χ4n) is 2.02. The van der Waals surface area contributed by atoms with Crippen molar-refractivity contribution < 1.29 is 19.8 Å². The minimum absolute atomic E-state index is 0.0780. The largest absolute Gasteiger partial charge is 0.480 e. The summed E-state index contributed by atoms with van der Waals surface area (Å²) in [7, 11) is 0. The van der Waals surface area contributed by atoms with Gasteiger partial charge in [0.25, 0.3) is 0 Å². The van der Waals surface area contributed by atoms with Gasteiger partial charge in [0.15, 0.2) is 11.5 Å². The predicted octanol–water partition coefficient (Wildman–Crippen LogP) is -2.36. The summed E-state index contributed by atoms with van der Waals surface area (Å²) in [5, 5.41) is 17.9. The van der Waals surface area contributed by atoms with Crippen molar-refractivity contribution in [3.05, 3.63) is 12.7 Å². The summed E-state index contributed by atoms with van der Waals surface area (Å²) < 4.78 is 1.44. The summed E-state index contributed by atoms with van der Waals surface area (Å²) in [6, 6.07) is -0.726. The lowest BCUT2D eigenvalue weighted by molar-refractivity contribution is -0.145. The molecule has 2 heterocycles. The summed E-state index contributed by atoms with van der Waals surface area (Å²) >= 11 is 0. The van der Waals surface area contributed by atoms with Crippen molar-refractivity contribution in [2.75, 3.05) is 25.4 Å². The molecule has 2 rings (SSSR count). The van der Waals surface area contributed by atoms with E-state index < -0.39 is 24.5 Å². The van der Waals surface area contributed by atoms with E-state index in [1.165, 1.54) is 17.2 Å². The molecule has 1 amide bonds. The molecule has 0 aromatic carbocycles. The number of fused-ring (bicyclic) bond motifs is 1. The zero-order valence-electron chi connectivity index (χ0n) is 12.2. The van der Waals surface area contributed by atoms with Crippen LogP contribution in [0.4, 0.5) is 5.82 Å². The molecule has 0 aliphatic carbocycles. The number of carboxylic acids is 1. The number of aliphatic carboxylic acids is 1. The van der Waals surface area contributed by atoms with Crippen molar-refractivity contribution >= 4 is 28.9 Å². The lowest BCUT2D eigenvalue weighted by Gasteiger charge is -2.23. The highest BCUT2D eigenvalue weighted by molar-refractivity contribution is 5.85. The number of hydrogen-bond acceptors (Lipinski definition) is 8. The van der Waals surface area contributed by atoms with E-state index in [-0.39, 0.29) is 25.5 Å². The van der Waals surface area contributed by atoms with E-state index in [4.69, 9.17) is 21.7 Å². The number of carboxylic acid groups (broad SMARTS) is 1. The van der Waals surface area contributed by atoms with Crippen LogP contribution in [0.2, 0.25) is 0 Å². The number of nitrogen functional groups attached to an aromatic ring is 1. The Hall–Kier alpha value is -2.79. The maximum Gasteiger partial charge on any atom is 0.323 e. The third-order valence-electron chi connectivity index (χ3n) is 3.10. The van der Waals surface area contributed by atoms with Crippen molar-refractivity contribution in [3.63, 3.8) is 0 Å². The Labute approximate surface area is 130 Å². The normalized spacial score (nSPS) is 12.3. The zero-order chi connectivity index (χ0) is 17.0. The topological polar surface area (TPSA) is 173 Å². The molecule has 23 heavy (non-hydrogen) atoms. The molecule has 6 N–H and O–H groups in total. The molecule has 2 aromatic heterocycles. The average Bonchev–Trinajstić information content (AvgIpc) is 2.90. The van der Waals surface area contributed by atoms with E-state index in [0.29, 0.717) is 11.2 Å². The van der Waals surface area contributed by atoms with E-state index in [1.54, 1.807) is 0 Å². The Kier molecular flexibility index (Phi) is 5.03. The highest BCUT2D eigenvalue weighted by Crippen LogP contribution is 2.14. The van der Waals surface area contributed by atoms with Gasteiger partial charge in [-0.05, 0) is 0 Å². The second-order valence-electron chi connectivity index (χ2n) is 4.91. The molecule has 1 unspecified atom stereocenters. The Morgan fingerprint density at radius 1 is 1.35 bits per heavy atom. The number of aliphatic hydroxyl groups is 1. The Bertz CT molecular complexity index is 716. The number of nitrogens with two attached hydrogens (primary N) is 2. The van der Waals surface area contributed by atoms with Crippen LogP contribution in [-0.2, 0) is 16.1 Å². The Balaban J connectivity index is 2.19. The van der Waals surface area contributed by atoms with Gasteiger partial charge in [0.2, 0.25) is 5.91 Å². The lowest BCUT2D eigenvalue weighted by atomic mass is 10.3. The third-order valence-corrected chi connectivity index (χ3v) is 3.10. The summed E-state index contributed by atoms with van der Waals surface area (Å²) in [4.78, 5) is 36.1. The number of hydrogen-bond donors (Lipinski definition) is 4. The van der Waals surface area contributed by atoms with E-state index in [9.17, 15) is 9.59 Å². The third kappa shape index (κ3) is 3.90. The first-order valence-corrected chi connectivity index (χ1v) is 6.69. The Morgan fingerprint density at radius 3 is 2.74 bits per heavy atom. The number of amides is 1. The number of carbonyl (C=O) groups excluding carboxylic acids is 1. The number of aromatic nitrogens is 4. The van der Waals surface area contributed by atoms with Crippen LogP contribution in [0.5, 0.6) is 0 Å². The van der Waals surface area contributed by atoms with Crippen LogP contribution < -0.4 is 11.5 Å². The van der Waals surface area contributed by atoms with Gasteiger partial charge in [0, 0.05) is 12.6 Å². The number of imidazole rings is 1. The molecular formula is C12H17N7O4. The number of rotatable bonds is 7. The molecule has 0 bridgehead atoms. The number of nitrogens with zero attached hydrogens (tertiary/aromatic N) is 5. The van der Waals surface area contributed by atoms with Crippen LogP contribution in [0, 0.1) is 0 Å². The molecule has 2 aromatic rings. The van der Waals surface area contributed by atoms with E-state index in [0.717, 1.165) is 4.90 Å². The summed E-state index contributed by atoms with van der Waals surface area (Å²) in [6.45, 7) is -1.14. The summed E-state index contributed by atoms with van der Waals surface area (Å²) in [5.41, 5.74) is 12.0. The molecule has 0 spiro atoms. The maximum atomic E-state index is 12.3. The molecule has 0 radical (unpaired) electrons. The number of carbonyl (C=O) groups is 2. The van der Waals surface area contributed by atoms with Gasteiger partial charge in [0.05, 0.1) is 12.9 Å². The van der Waals surface area contributed by atoms with Crippen LogP contribution in [0.15, 0.2) is 12.7 Å². The van der Waals surface area contributed by atoms with Gasteiger partial charge in [-0.1, -0.05) is 0 Å². The van der Waals surface area contributed by atoms with E-state index >= 15 is 0 Å². The number of aliphatic hydroxyl groups excluding tert-OH is 1. The first-order chi connectivity index (χ1) is 10.9. The van der Waals surface area contributed by atoms with Gasteiger partial charge in [-0.25, -0.2) is 15.0 Å². The molecule has 0 aliphatic heterocycles. The predicted molar refractivity (Wildman–Crippen MR) is 79.0 cm³/mol. The van der Waals surface area contributed by atoms with Crippen molar-refractivity contribution in [1.29, 1.82) is 0 Å². The molecule has 0 saturated heterocycles. The van der Waals surface area contributed by atoms with Crippen LogP contribution in [0.25, 0.3) is 11.2 Å². The zero-order valence-corrected chi connectivity index (χ0v) is 12.2. The highest BCUT2D eigenvalue weighted by Gasteiger charge is 2.21. The van der Waals surface area contributed by atoms with E-state index in [2.05, 4.69) is 15.0 Å². The molecular weight excluding hydrogens is 306 g/mol. The van der Waals surface area contributed by atoms with Crippen molar-refractivity contribution in [2.45, 2.75) is 12.6 Å². The standard InChI is InChI=1S/C12H17N7O4/c13-7(4-20)1-18(3-9(22)23)8(21)2-19-6-17-10-11(14)15-5-16-12(10)19/h5-7,20H,1-4,13H2,(H,22,23)(H2,14,15,16). The van der Waals surface area contributed by atoms with Crippen LogP contribution >= 0.6 is 0 Å². The lowest BCUT2D eigenvalue weighted by Crippen LogP contribution is -2.46. The molecule has 11 nitrogen and oxygen atoms in total. The first-order valence-electron chi connectivity index (χ1n) is 6.69. The fourth-order valence-corrected chi connectivity index (χ4v) is 2.02. The molecule has 124 valence electrons. The van der Waals surface area contributed by atoms with Crippen LogP contribution in [-0.4, -0.2) is 72.2 Å². The van der Waals surface area contributed by atoms with Crippen molar-refractivity contribution in [1.82, 2.24) is 24.4 Å². The molecule has 0 saturated carbocycles. The quantitative estimate of drug-likeness (QED) is 0.434. The highest BCUT2D eigenvalue weighted by atomic mass is 16.4. The molecule has 11 heteroatoms. The Morgan fingerprint density at radius 2 is 2.09 bits per heavy atom. The van der Waals surface area contributed by atoms with Gasteiger partial charge in [-0.3, -0.25) is 9.59 Å². The fraction of sp³-hybridized carbons (Fsp3) is 0.417. The van der Waals surface area contributed by atoms with Gasteiger partial charge in [-0.15, -0.1) is 0 Å². The van der Waals surface area contributed by atoms with Gasteiger partial charge in [0.1, 0.15) is 24.9 Å². The molecule has 0 aliphatic rings. The smallest absolute Gasteiger partial charge is 0.323 e. The van der Waals surface area contributed by atoms with E-state index in [1.807, 2.05) is 0 Å². The van der Waals surface area contributed by atoms with Crippen molar-refractivity contribution in [3.8, 4) is 0 Å². The van der Waals surface area contributed by atoms with Crippen LogP contribution in [0.1, 0.15) is 0 Å². The molecule has 1 atom stereocenters. The monoisotopic (exact) mass is 323 g/mol. The van der Waals surface area contributed by atoms with Gasteiger partial charge in [-0.2, -0.15) is 0 Å².